The Kier molecular flexibility index (Phi) is 6.44. The minimum absolute atomic E-state index is 0.0315. The van der Waals surface area contributed by atoms with Crippen LogP contribution in [0.4, 0.5) is 5.69 Å². The van der Waals surface area contributed by atoms with E-state index in [1.54, 1.807) is 0 Å². The third-order valence-corrected chi connectivity index (χ3v) is 6.67. The number of halogens is 3. The van der Waals surface area contributed by atoms with E-state index in [0.717, 1.165) is 9.15 Å². The Morgan fingerprint density at radius 2 is 1.80 bits per heavy atom. The van der Waals surface area contributed by atoms with Crippen LogP contribution in [0, 0.1) is 0 Å². The van der Waals surface area contributed by atoms with Crippen molar-refractivity contribution in [2.24, 2.45) is 0 Å². The van der Waals surface area contributed by atoms with Crippen molar-refractivity contribution in [3.63, 3.8) is 0 Å². The molecule has 2 aromatic carbocycles. The molecule has 0 radical (unpaired) electrons. The molecular formula is C17H16Cl3N5O4S. The lowest BCUT2D eigenvalue weighted by molar-refractivity contribution is -0.127. The van der Waals surface area contributed by atoms with Crippen molar-refractivity contribution in [1.82, 2.24) is 19.5 Å². The number of amides is 1. The van der Waals surface area contributed by atoms with Crippen LogP contribution >= 0.6 is 34.8 Å². The zero-order chi connectivity index (χ0) is 22.2. The zero-order valence-electron chi connectivity index (χ0n) is 15.9. The molecule has 1 heterocycles. The van der Waals surface area contributed by atoms with Gasteiger partial charge >= 0.3 is 0 Å². The second-order valence-corrected chi connectivity index (χ2v) is 9.78. The number of anilines is 1. The molecule has 0 aliphatic heterocycles. The fourth-order valence-electron chi connectivity index (χ4n) is 2.41. The highest BCUT2D eigenvalue weighted by molar-refractivity contribution is 7.89. The number of aromatic nitrogens is 3. The second-order valence-electron chi connectivity index (χ2n) is 6.38. The van der Waals surface area contributed by atoms with Gasteiger partial charge in [-0.05, 0) is 42.5 Å². The summed E-state index contributed by atoms with van der Waals surface area (Å²) >= 11 is 18.0. The zero-order valence-corrected chi connectivity index (χ0v) is 19.0. The Morgan fingerprint density at radius 1 is 1.17 bits per heavy atom. The van der Waals surface area contributed by atoms with E-state index >= 15 is 0 Å². The van der Waals surface area contributed by atoms with Crippen LogP contribution in [0.2, 0.25) is 15.1 Å². The molecule has 0 saturated heterocycles. The number of sulfonamides is 1. The summed E-state index contributed by atoms with van der Waals surface area (Å²) < 4.78 is 25.8. The number of carbonyl (C=O) groups is 1. The summed E-state index contributed by atoms with van der Waals surface area (Å²) in [6.07, 6.45) is -1.05. The predicted octanol–water partition coefficient (Wildman–Crippen LogP) is 3.10. The van der Waals surface area contributed by atoms with Crippen LogP contribution < -0.4 is 10.2 Å². The van der Waals surface area contributed by atoms with Crippen LogP contribution in [0.3, 0.4) is 0 Å². The van der Waals surface area contributed by atoms with Crippen LogP contribution in [0.5, 0.6) is 0 Å². The first-order valence-corrected chi connectivity index (χ1v) is 11.0. The van der Waals surface area contributed by atoms with E-state index in [2.05, 4.69) is 15.6 Å². The van der Waals surface area contributed by atoms with Gasteiger partial charge in [-0.15, -0.1) is 5.10 Å². The van der Waals surface area contributed by atoms with Crippen molar-refractivity contribution in [2.75, 3.05) is 19.4 Å². The standard InChI is InChI=1S/C17H16Cl3N5O4S/c1-9(17(26)21-16-12(19)6-10(18)7-13(16)20)29-25-15-8-11(30(27,28)24(2)3)4-5-14(15)22-23-25/h4-9H,1-3H3,(H,21,26)/t9-/m0/s1. The minimum atomic E-state index is -3.67. The summed E-state index contributed by atoms with van der Waals surface area (Å²) in [5, 5.41) is 11.0. The summed E-state index contributed by atoms with van der Waals surface area (Å²) in [4.78, 5) is 19.1. The molecule has 9 nitrogen and oxygen atoms in total. The van der Waals surface area contributed by atoms with Crippen molar-refractivity contribution in [2.45, 2.75) is 17.9 Å². The fourth-order valence-corrected chi connectivity index (χ4v) is 4.24. The first-order valence-electron chi connectivity index (χ1n) is 8.41. The van der Waals surface area contributed by atoms with Gasteiger partial charge in [-0.1, -0.05) is 39.6 Å². The Morgan fingerprint density at radius 3 is 2.40 bits per heavy atom. The van der Waals surface area contributed by atoms with Crippen molar-refractivity contribution >= 4 is 67.5 Å². The highest BCUT2D eigenvalue weighted by atomic mass is 35.5. The van der Waals surface area contributed by atoms with E-state index in [1.165, 1.54) is 51.4 Å². The van der Waals surface area contributed by atoms with Crippen molar-refractivity contribution < 1.29 is 18.0 Å². The minimum Gasteiger partial charge on any atom is -0.382 e. The van der Waals surface area contributed by atoms with Crippen molar-refractivity contribution in [3.8, 4) is 0 Å². The molecule has 0 saturated carbocycles. The van der Waals surface area contributed by atoms with Gasteiger partial charge in [-0.2, -0.15) is 0 Å². The SMILES string of the molecule is C[C@H](On1nnc2ccc(S(=O)(=O)N(C)C)cc21)C(=O)Nc1c(Cl)cc(Cl)cc1Cl. The lowest BCUT2D eigenvalue weighted by atomic mass is 10.3. The predicted molar refractivity (Wildman–Crippen MR) is 115 cm³/mol. The van der Waals surface area contributed by atoms with Crippen molar-refractivity contribution in [1.29, 1.82) is 0 Å². The first-order chi connectivity index (χ1) is 14.0. The molecule has 1 N–H and O–H groups in total. The molecule has 0 aliphatic rings. The van der Waals surface area contributed by atoms with E-state index in [0.29, 0.717) is 10.5 Å². The average molecular weight is 493 g/mol. The Balaban J connectivity index is 1.84. The molecule has 160 valence electrons. The van der Waals surface area contributed by atoms with E-state index in [9.17, 15) is 13.2 Å². The van der Waals surface area contributed by atoms with Crippen molar-refractivity contribution in [3.05, 3.63) is 45.4 Å². The number of benzene rings is 2. The van der Waals surface area contributed by atoms with Gasteiger partial charge in [0.25, 0.3) is 5.91 Å². The van der Waals surface area contributed by atoms with E-state index in [-0.39, 0.29) is 26.1 Å². The molecule has 0 spiro atoms. The topological polar surface area (TPSA) is 106 Å². The van der Waals surface area contributed by atoms with Gasteiger partial charge in [0.15, 0.2) is 0 Å². The summed E-state index contributed by atoms with van der Waals surface area (Å²) in [6, 6.07) is 7.15. The van der Waals surface area contributed by atoms with E-state index < -0.39 is 22.0 Å². The number of nitrogens with one attached hydrogen (secondary N) is 1. The number of carbonyl (C=O) groups excluding carboxylic acids is 1. The smallest absolute Gasteiger partial charge is 0.268 e. The molecular weight excluding hydrogens is 477 g/mol. The number of hydrogen-bond acceptors (Lipinski definition) is 6. The van der Waals surface area contributed by atoms with Gasteiger partial charge < -0.3 is 10.2 Å². The molecule has 1 atom stereocenters. The van der Waals surface area contributed by atoms with Gasteiger partial charge in [-0.3, -0.25) is 4.79 Å². The molecule has 0 bridgehead atoms. The highest BCUT2D eigenvalue weighted by Crippen LogP contribution is 2.33. The molecule has 1 aromatic heterocycles. The van der Waals surface area contributed by atoms with E-state index in [1.807, 2.05) is 0 Å². The molecule has 13 heteroatoms. The molecule has 1 amide bonds. The van der Waals surface area contributed by atoms with Gasteiger partial charge in [-0.25, -0.2) is 12.7 Å². The van der Waals surface area contributed by atoms with Crippen LogP contribution in [-0.2, 0) is 14.8 Å². The normalized spacial score (nSPS) is 12.9. The first kappa shape index (κ1) is 22.6. The van der Waals surface area contributed by atoms with Gasteiger partial charge in [0.05, 0.1) is 20.6 Å². The maximum absolute atomic E-state index is 12.5. The number of hydrogen-bond donors (Lipinski definition) is 1. The van der Waals surface area contributed by atoms with E-state index in [4.69, 9.17) is 39.6 Å². The summed E-state index contributed by atoms with van der Waals surface area (Å²) in [6.45, 7) is 1.47. The van der Waals surface area contributed by atoms with Gasteiger partial charge in [0.2, 0.25) is 16.1 Å². The Hall–Kier alpha value is -2.11. The Labute approximate surface area is 187 Å². The molecule has 30 heavy (non-hydrogen) atoms. The van der Waals surface area contributed by atoms with Gasteiger partial charge in [0, 0.05) is 19.1 Å². The van der Waals surface area contributed by atoms with Crippen LogP contribution in [0.15, 0.2) is 35.2 Å². The fraction of sp³-hybridized carbons (Fsp3) is 0.235. The number of nitrogens with zero attached hydrogens (tertiary/aromatic N) is 4. The Bertz CT molecular complexity index is 1210. The van der Waals surface area contributed by atoms with Crippen LogP contribution in [0.25, 0.3) is 11.0 Å². The molecule has 0 unspecified atom stereocenters. The molecule has 3 aromatic rings. The lowest BCUT2D eigenvalue weighted by Crippen LogP contribution is -2.35. The second kappa shape index (κ2) is 8.56. The quantitative estimate of drug-likeness (QED) is 0.567. The third-order valence-electron chi connectivity index (χ3n) is 4.05. The summed E-state index contributed by atoms with van der Waals surface area (Å²) in [5.41, 5.74) is 0.857. The van der Waals surface area contributed by atoms with Gasteiger partial charge in [0.1, 0.15) is 11.0 Å². The maximum atomic E-state index is 12.5. The monoisotopic (exact) mass is 491 g/mol. The molecule has 0 fully saturated rings. The lowest BCUT2D eigenvalue weighted by Gasteiger charge is -2.16. The van der Waals surface area contributed by atoms with Crippen LogP contribution in [-0.4, -0.2) is 54.0 Å². The largest absolute Gasteiger partial charge is 0.382 e. The summed E-state index contributed by atoms with van der Waals surface area (Å²) in [7, 11) is -0.829. The average Bonchev–Trinajstić information content (AvgIpc) is 3.06. The van der Waals surface area contributed by atoms with Crippen LogP contribution in [0.1, 0.15) is 6.92 Å². The maximum Gasteiger partial charge on any atom is 0.268 e. The molecule has 3 rings (SSSR count). The summed E-state index contributed by atoms with van der Waals surface area (Å²) in [5.74, 6) is -0.568. The highest BCUT2D eigenvalue weighted by Gasteiger charge is 2.22. The number of rotatable bonds is 6. The molecule has 0 aliphatic carbocycles. The third kappa shape index (κ3) is 4.47. The number of fused-ring (bicyclic) bond motifs is 1.